The largest absolute Gasteiger partial charge is 0.462 e. The Hall–Kier alpha value is -3.66. The number of esters is 1. The molecule has 3 N–H and O–H groups in total. The topological polar surface area (TPSA) is 126 Å². The van der Waals surface area contributed by atoms with E-state index in [2.05, 4.69) is 25.0 Å². The number of fused-ring (bicyclic) bond motifs is 2. The van der Waals surface area contributed by atoms with Gasteiger partial charge in [0.25, 0.3) is 10.0 Å². The zero-order valence-electron chi connectivity index (χ0n) is 16.3. The van der Waals surface area contributed by atoms with Gasteiger partial charge in [0.15, 0.2) is 5.84 Å². The van der Waals surface area contributed by atoms with Crippen LogP contribution in [0.15, 0.2) is 69.4 Å². The Morgan fingerprint density at radius 1 is 1.13 bits per heavy atom. The van der Waals surface area contributed by atoms with Gasteiger partial charge in [0.2, 0.25) is 0 Å². The van der Waals surface area contributed by atoms with Gasteiger partial charge < -0.3 is 20.4 Å². The number of aromatic nitrogens is 2. The molecule has 0 unspecified atom stereocenters. The summed E-state index contributed by atoms with van der Waals surface area (Å²) in [6, 6.07) is 10.4. The van der Waals surface area contributed by atoms with Crippen LogP contribution in [-0.4, -0.2) is 36.8 Å². The van der Waals surface area contributed by atoms with E-state index in [-0.39, 0.29) is 22.9 Å². The summed E-state index contributed by atoms with van der Waals surface area (Å²) < 4.78 is 35.5. The number of aromatic amines is 1. The highest BCUT2D eigenvalue weighted by atomic mass is 32.2. The van der Waals surface area contributed by atoms with Crippen LogP contribution in [-0.2, 0) is 19.6 Å². The number of sulfonamides is 1. The molecule has 3 heterocycles. The van der Waals surface area contributed by atoms with Crippen LogP contribution in [0.1, 0.15) is 13.8 Å². The average molecular weight is 425 g/mol. The van der Waals surface area contributed by atoms with Crippen LogP contribution in [0.25, 0.3) is 11.0 Å². The fraction of sp³-hybridized carbons (Fsp3) is 0.150. The number of benzene rings is 1. The van der Waals surface area contributed by atoms with E-state index < -0.39 is 16.0 Å². The first-order chi connectivity index (χ1) is 14.4. The smallest absolute Gasteiger partial charge is 0.343 e. The molecule has 0 atom stereocenters. The summed E-state index contributed by atoms with van der Waals surface area (Å²) in [6.45, 7) is 3.47. The van der Waals surface area contributed by atoms with Crippen LogP contribution in [0.2, 0.25) is 0 Å². The predicted octanol–water partition coefficient (Wildman–Crippen LogP) is 3.02. The van der Waals surface area contributed by atoms with E-state index in [1.165, 1.54) is 6.20 Å². The zero-order chi connectivity index (χ0) is 21.3. The first kappa shape index (κ1) is 19.6. The molecule has 3 aromatic rings. The number of ether oxygens (including phenoxy) is 1. The summed E-state index contributed by atoms with van der Waals surface area (Å²) in [5.74, 6) is -0.806. The third kappa shape index (κ3) is 3.52. The zero-order valence-corrected chi connectivity index (χ0v) is 17.1. The van der Waals surface area contributed by atoms with Crippen molar-refractivity contribution < 1.29 is 17.9 Å². The number of rotatable bonds is 4. The molecule has 0 fully saturated rings. The summed E-state index contributed by atoms with van der Waals surface area (Å²) in [5.41, 5.74) is 2.10. The normalized spacial score (nSPS) is 15.3. The third-order valence-electron chi connectivity index (χ3n) is 4.50. The number of carbonyl (C=O) groups excluding carboxylic acids is 1. The number of nitrogens with one attached hydrogen (secondary N) is 3. The maximum absolute atomic E-state index is 13.2. The SMILES string of the molecule is CCOC(=O)C1=C(C)Nc2ccccc2N/C1=N/S(=O)(=O)c1c[nH]c2ncccc12. The Labute approximate surface area is 172 Å². The van der Waals surface area contributed by atoms with E-state index in [0.29, 0.717) is 28.1 Å². The number of pyridine rings is 1. The van der Waals surface area contributed by atoms with E-state index >= 15 is 0 Å². The van der Waals surface area contributed by atoms with E-state index in [9.17, 15) is 13.2 Å². The molecule has 30 heavy (non-hydrogen) atoms. The number of para-hydroxylation sites is 2. The Kier molecular flexibility index (Phi) is 5.00. The Morgan fingerprint density at radius 2 is 1.87 bits per heavy atom. The van der Waals surface area contributed by atoms with E-state index in [1.807, 2.05) is 6.07 Å². The lowest BCUT2D eigenvalue weighted by Gasteiger charge is -2.11. The lowest BCUT2D eigenvalue weighted by atomic mass is 10.2. The average Bonchev–Trinajstić information content (AvgIpc) is 3.09. The second-order valence-electron chi connectivity index (χ2n) is 6.48. The third-order valence-corrected chi connectivity index (χ3v) is 5.81. The standard InChI is InChI=1S/C20H19N5O4S/c1-3-29-20(26)17-12(2)23-14-8-4-5-9-15(14)24-19(17)25-30(27,28)16-11-22-18-13(16)7-6-10-21-18/h4-11,23H,3H2,1-2H3,(H,21,22)(H,24,25). The Balaban J connectivity index is 1.89. The number of amidine groups is 1. The summed E-state index contributed by atoms with van der Waals surface area (Å²) >= 11 is 0. The molecule has 1 aliphatic heterocycles. The highest BCUT2D eigenvalue weighted by Crippen LogP contribution is 2.30. The molecule has 0 amide bonds. The first-order valence-corrected chi connectivity index (χ1v) is 10.6. The molecular weight excluding hydrogens is 406 g/mol. The molecule has 0 bridgehead atoms. The van der Waals surface area contributed by atoms with Crippen LogP contribution >= 0.6 is 0 Å². The summed E-state index contributed by atoms with van der Waals surface area (Å²) in [5, 5.41) is 6.50. The van der Waals surface area contributed by atoms with Gasteiger partial charge in [0, 0.05) is 23.5 Å². The predicted molar refractivity (Wildman–Crippen MR) is 114 cm³/mol. The van der Waals surface area contributed by atoms with Gasteiger partial charge in [-0.05, 0) is 38.1 Å². The second-order valence-corrected chi connectivity index (χ2v) is 8.06. The van der Waals surface area contributed by atoms with E-state index in [1.54, 1.807) is 50.4 Å². The molecule has 9 nitrogen and oxygen atoms in total. The molecule has 4 rings (SSSR count). The van der Waals surface area contributed by atoms with Crippen LogP contribution in [0.3, 0.4) is 0 Å². The minimum absolute atomic E-state index is 0.00888. The Morgan fingerprint density at radius 3 is 2.60 bits per heavy atom. The van der Waals surface area contributed by atoms with E-state index in [0.717, 1.165) is 0 Å². The van der Waals surface area contributed by atoms with Gasteiger partial charge in [-0.1, -0.05) is 12.1 Å². The molecule has 1 aromatic carbocycles. The maximum atomic E-state index is 13.2. The number of anilines is 2. The van der Waals surface area contributed by atoms with E-state index in [4.69, 9.17) is 4.74 Å². The first-order valence-electron chi connectivity index (χ1n) is 9.19. The van der Waals surface area contributed by atoms with Crippen molar-refractivity contribution >= 4 is 44.2 Å². The Bertz CT molecular complexity index is 1310. The highest BCUT2D eigenvalue weighted by Gasteiger charge is 2.28. The molecule has 0 saturated carbocycles. The lowest BCUT2D eigenvalue weighted by Crippen LogP contribution is -2.25. The number of hydrogen-bond acceptors (Lipinski definition) is 6. The molecule has 2 aromatic heterocycles. The van der Waals surface area contributed by atoms with Crippen molar-refractivity contribution in [3.8, 4) is 0 Å². The number of H-pyrrole nitrogens is 1. The van der Waals surface area contributed by atoms with Crippen LogP contribution < -0.4 is 10.6 Å². The second kappa shape index (κ2) is 7.64. The highest BCUT2D eigenvalue weighted by molar-refractivity contribution is 7.90. The molecule has 0 spiro atoms. The van der Waals surface area contributed by atoms with Gasteiger partial charge in [0.05, 0.1) is 18.0 Å². The number of carbonyl (C=O) groups is 1. The van der Waals surface area contributed by atoms with Crippen LogP contribution in [0, 0.1) is 0 Å². The van der Waals surface area contributed by atoms with Gasteiger partial charge in [-0.3, -0.25) is 0 Å². The molecule has 0 aliphatic carbocycles. The summed E-state index contributed by atoms with van der Waals surface area (Å²) in [4.78, 5) is 19.6. The van der Waals surface area contributed by atoms with Gasteiger partial charge in [0.1, 0.15) is 16.1 Å². The number of hydrogen-bond donors (Lipinski definition) is 3. The monoisotopic (exact) mass is 425 g/mol. The fourth-order valence-corrected chi connectivity index (χ4v) is 4.29. The lowest BCUT2D eigenvalue weighted by molar-refractivity contribution is -0.137. The van der Waals surface area contributed by atoms with Crippen molar-refractivity contribution in [2.45, 2.75) is 18.7 Å². The van der Waals surface area contributed by atoms with Gasteiger partial charge in [-0.15, -0.1) is 4.40 Å². The van der Waals surface area contributed by atoms with Gasteiger partial charge in [-0.25, -0.2) is 9.78 Å². The molecule has 154 valence electrons. The molecular formula is C20H19N5O4S. The molecule has 10 heteroatoms. The minimum atomic E-state index is -4.18. The van der Waals surface area contributed by atoms with Crippen molar-refractivity contribution in [3.05, 3.63) is 60.1 Å². The summed E-state index contributed by atoms with van der Waals surface area (Å²) in [7, 11) is -4.18. The van der Waals surface area contributed by atoms with Gasteiger partial charge in [-0.2, -0.15) is 8.42 Å². The van der Waals surface area contributed by atoms with Crippen molar-refractivity contribution in [2.75, 3.05) is 17.2 Å². The van der Waals surface area contributed by atoms with Gasteiger partial charge >= 0.3 is 5.97 Å². The number of nitrogens with zero attached hydrogens (tertiary/aromatic N) is 2. The van der Waals surface area contributed by atoms with Crippen molar-refractivity contribution in [2.24, 2.45) is 4.40 Å². The van der Waals surface area contributed by atoms with Crippen molar-refractivity contribution in [1.82, 2.24) is 9.97 Å². The van der Waals surface area contributed by atoms with Crippen LogP contribution in [0.5, 0.6) is 0 Å². The molecule has 1 aliphatic rings. The van der Waals surface area contributed by atoms with Crippen molar-refractivity contribution in [1.29, 1.82) is 0 Å². The van der Waals surface area contributed by atoms with Crippen LogP contribution in [0.4, 0.5) is 11.4 Å². The summed E-state index contributed by atoms with van der Waals surface area (Å²) in [6.07, 6.45) is 2.89. The minimum Gasteiger partial charge on any atom is -0.462 e. The number of allylic oxidation sites excluding steroid dienone is 1. The molecule has 0 saturated heterocycles. The maximum Gasteiger partial charge on any atom is 0.343 e. The quantitative estimate of drug-likeness (QED) is 0.549. The van der Waals surface area contributed by atoms with Crippen molar-refractivity contribution in [3.63, 3.8) is 0 Å². The molecule has 0 radical (unpaired) electrons. The fourth-order valence-electron chi connectivity index (χ4n) is 3.17.